The monoisotopic (exact) mass is 490 g/mol. The molecule has 176 valence electrons. The number of nitrogens with zero attached hydrogens (tertiary/aromatic N) is 1. The molecule has 0 atom stereocenters. The highest BCUT2D eigenvalue weighted by Gasteiger charge is 2.41. The summed E-state index contributed by atoms with van der Waals surface area (Å²) in [5.74, 6) is -3.98. The summed E-state index contributed by atoms with van der Waals surface area (Å²) in [6.07, 6.45) is -3.82. The van der Waals surface area contributed by atoms with Crippen LogP contribution in [0.4, 0.5) is 24.5 Å². The molecule has 3 rings (SSSR count). The van der Waals surface area contributed by atoms with E-state index in [-0.39, 0.29) is 22.4 Å². The summed E-state index contributed by atoms with van der Waals surface area (Å²) in [6.45, 7) is 2.97. The summed E-state index contributed by atoms with van der Waals surface area (Å²) < 4.78 is 39.1. The lowest BCUT2D eigenvalue weighted by molar-refractivity contribution is -0.0885. The van der Waals surface area contributed by atoms with Crippen LogP contribution < -0.4 is 16.8 Å². The number of nitrogens with two attached hydrogens (primary N) is 2. The van der Waals surface area contributed by atoms with Gasteiger partial charge in [0.15, 0.2) is 0 Å². The number of halogens is 4. The molecule has 0 spiro atoms. The molecule has 1 heterocycles. The lowest BCUT2D eigenvalue weighted by Crippen LogP contribution is -2.26. The van der Waals surface area contributed by atoms with E-state index in [1.807, 2.05) is 0 Å². The Hall–Kier alpha value is -3.92. The quantitative estimate of drug-likeness (QED) is 0.353. The van der Waals surface area contributed by atoms with E-state index in [0.717, 1.165) is 0 Å². The zero-order valence-corrected chi connectivity index (χ0v) is 18.6. The van der Waals surface area contributed by atoms with Crippen molar-refractivity contribution in [1.82, 2.24) is 4.98 Å². The maximum atomic E-state index is 13.1. The molecule has 1 aromatic heterocycles. The van der Waals surface area contributed by atoms with Crippen LogP contribution in [0.2, 0.25) is 5.02 Å². The van der Waals surface area contributed by atoms with Gasteiger partial charge in [-0.2, -0.15) is 13.2 Å². The number of amides is 2. The predicted octanol–water partition coefficient (Wildman–Crippen LogP) is 4.70. The first kappa shape index (κ1) is 24.7. The van der Waals surface area contributed by atoms with Gasteiger partial charge in [-0.1, -0.05) is 17.7 Å². The van der Waals surface area contributed by atoms with E-state index in [2.05, 4.69) is 10.3 Å². The lowest BCUT2D eigenvalue weighted by atomic mass is 9.96. The van der Waals surface area contributed by atoms with Crippen molar-refractivity contribution in [2.75, 3.05) is 11.1 Å². The standard InChI is InChI=1S/C23H18ClF3N4O3/c1-10-7-14(16-6-4-12(24)9-30-16)19(15(8-10)21(29)33)31-22(34)13-5-3-11(2)17(18(13)28)20(32)23(25,26)27/h3-9H,28H2,1-2H3,(H2,29,33)(H,31,34). The number of hydrogen-bond donors (Lipinski definition) is 3. The summed E-state index contributed by atoms with van der Waals surface area (Å²) in [4.78, 5) is 41.3. The number of rotatable bonds is 5. The van der Waals surface area contributed by atoms with Crippen LogP contribution in [0.5, 0.6) is 0 Å². The third-order valence-electron chi connectivity index (χ3n) is 4.97. The highest BCUT2D eigenvalue weighted by molar-refractivity contribution is 6.30. The fraction of sp³-hybridized carbons (Fsp3) is 0.130. The number of hydrogen-bond acceptors (Lipinski definition) is 5. The molecule has 0 saturated carbocycles. The van der Waals surface area contributed by atoms with Crippen molar-refractivity contribution in [1.29, 1.82) is 0 Å². The number of pyridine rings is 1. The van der Waals surface area contributed by atoms with Gasteiger partial charge in [-0.3, -0.25) is 19.4 Å². The van der Waals surface area contributed by atoms with Crippen molar-refractivity contribution >= 4 is 40.6 Å². The molecule has 34 heavy (non-hydrogen) atoms. The molecule has 0 aliphatic rings. The van der Waals surface area contributed by atoms with Crippen molar-refractivity contribution in [2.24, 2.45) is 5.73 Å². The van der Waals surface area contributed by atoms with Gasteiger partial charge in [-0.15, -0.1) is 0 Å². The molecule has 2 aromatic carbocycles. The third-order valence-corrected chi connectivity index (χ3v) is 5.20. The number of primary amides is 1. The zero-order valence-electron chi connectivity index (χ0n) is 17.9. The van der Waals surface area contributed by atoms with Crippen LogP contribution in [-0.2, 0) is 0 Å². The van der Waals surface area contributed by atoms with Crippen molar-refractivity contribution < 1.29 is 27.6 Å². The van der Waals surface area contributed by atoms with Gasteiger partial charge >= 0.3 is 6.18 Å². The van der Waals surface area contributed by atoms with Gasteiger partial charge in [0.05, 0.1) is 38.8 Å². The van der Waals surface area contributed by atoms with Crippen LogP contribution in [-0.4, -0.2) is 28.8 Å². The number of ketones is 1. The molecule has 11 heteroatoms. The van der Waals surface area contributed by atoms with Gasteiger partial charge < -0.3 is 16.8 Å². The SMILES string of the molecule is Cc1cc(C(N)=O)c(NC(=O)c2ccc(C)c(C(=O)C(F)(F)F)c2N)c(-c2ccc(Cl)cn2)c1. The predicted molar refractivity (Wildman–Crippen MR) is 122 cm³/mol. The molecular weight excluding hydrogens is 473 g/mol. The van der Waals surface area contributed by atoms with E-state index in [9.17, 15) is 27.6 Å². The van der Waals surface area contributed by atoms with Gasteiger partial charge in [0, 0.05) is 11.8 Å². The summed E-state index contributed by atoms with van der Waals surface area (Å²) in [7, 11) is 0. The average Bonchev–Trinajstić information content (AvgIpc) is 2.74. The summed E-state index contributed by atoms with van der Waals surface area (Å²) >= 11 is 5.89. The van der Waals surface area contributed by atoms with E-state index >= 15 is 0 Å². The Kier molecular flexibility index (Phi) is 6.65. The van der Waals surface area contributed by atoms with Crippen LogP contribution in [0, 0.1) is 13.8 Å². The van der Waals surface area contributed by atoms with Crippen molar-refractivity contribution in [3.8, 4) is 11.3 Å². The highest BCUT2D eigenvalue weighted by Crippen LogP contribution is 2.34. The van der Waals surface area contributed by atoms with Crippen molar-refractivity contribution in [3.05, 3.63) is 75.4 Å². The van der Waals surface area contributed by atoms with Gasteiger partial charge in [0.1, 0.15) is 0 Å². The van der Waals surface area contributed by atoms with E-state index < -0.39 is 35.0 Å². The molecule has 0 aliphatic carbocycles. The molecule has 0 saturated heterocycles. The second-order valence-corrected chi connectivity index (χ2v) is 7.90. The molecule has 0 radical (unpaired) electrons. The fourth-order valence-corrected chi connectivity index (χ4v) is 3.51. The number of Topliss-reactive ketones (excluding diaryl/α,β-unsaturated/α-hetero) is 1. The van der Waals surface area contributed by atoms with Crippen molar-refractivity contribution in [3.63, 3.8) is 0 Å². The van der Waals surface area contributed by atoms with Crippen LogP contribution in [0.25, 0.3) is 11.3 Å². The highest BCUT2D eigenvalue weighted by atomic mass is 35.5. The van der Waals surface area contributed by atoms with E-state index in [0.29, 0.717) is 21.8 Å². The topological polar surface area (TPSA) is 128 Å². The molecule has 0 fully saturated rings. The molecular formula is C23H18ClF3N4O3. The van der Waals surface area contributed by atoms with Gasteiger partial charge in [-0.25, -0.2) is 0 Å². The third kappa shape index (κ3) is 4.86. The summed E-state index contributed by atoms with van der Waals surface area (Å²) in [6, 6.07) is 8.54. The Bertz CT molecular complexity index is 1320. The number of aryl methyl sites for hydroxylation is 2. The lowest BCUT2D eigenvalue weighted by Gasteiger charge is -2.18. The number of carbonyl (C=O) groups is 3. The van der Waals surface area contributed by atoms with Crippen LogP contribution in [0.3, 0.4) is 0 Å². The minimum absolute atomic E-state index is 0.0263. The second kappa shape index (κ2) is 9.14. The number of nitrogen functional groups attached to an aromatic ring is 1. The maximum absolute atomic E-state index is 13.1. The maximum Gasteiger partial charge on any atom is 0.454 e. The van der Waals surface area contributed by atoms with Gasteiger partial charge in [-0.05, 0) is 55.3 Å². The number of benzene rings is 2. The molecule has 0 bridgehead atoms. The number of alkyl halides is 3. The largest absolute Gasteiger partial charge is 0.454 e. The van der Waals surface area contributed by atoms with Gasteiger partial charge in [0.2, 0.25) is 0 Å². The summed E-state index contributed by atoms with van der Waals surface area (Å²) in [5.41, 5.74) is 10.6. The first-order valence-electron chi connectivity index (χ1n) is 9.69. The number of anilines is 2. The molecule has 0 aliphatic heterocycles. The Labute approximate surface area is 196 Å². The first-order chi connectivity index (χ1) is 15.8. The Morgan fingerprint density at radius 2 is 1.71 bits per heavy atom. The Morgan fingerprint density at radius 1 is 1.03 bits per heavy atom. The molecule has 0 unspecified atom stereocenters. The second-order valence-electron chi connectivity index (χ2n) is 7.46. The number of nitrogens with one attached hydrogen (secondary N) is 1. The van der Waals surface area contributed by atoms with E-state index in [4.69, 9.17) is 23.1 Å². The molecule has 2 amide bonds. The van der Waals surface area contributed by atoms with E-state index in [1.165, 1.54) is 31.3 Å². The smallest absolute Gasteiger partial charge is 0.397 e. The van der Waals surface area contributed by atoms with Crippen LogP contribution in [0.1, 0.15) is 42.2 Å². The minimum atomic E-state index is -5.18. The zero-order chi connectivity index (χ0) is 25.4. The van der Waals surface area contributed by atoms with Gasteiger partial charge in [0.25, 0.3) is 17.6 Å². The Morgan fingerprint density at radius 3 is 2.26 bits per heavy atom. The molecule has 7 nitrogen and oxygen atoms in total. The summed E-state index contributed by atoms with van der Waals surface area (Å²) in [5, 5.41) is 2.85. The minimum Gasteiger partial charge on any atom is -0.397 e. The van der Waals surface area contributed by atoms with Crippen LogP contribution in [0.15, 0.2) is 42.6 Å². The normalized spacial score (nSPS) is 11.2. The molecule has 5 N–H and O–H groups in total. The van der Waals surface area contributed by atoms with E-state index in [1.54, 1.807) is 25.1 Å². The molecule has 3 aromatic rings. The van der Waals surface area contributed by atoms with Crippen LogP contribution >= 0.6 is 11.6 Å². The number of aromatic nitrogens is 1. The number of carbonyl (C=O) groups excluding carboxylic acids is 3. The fourth-order valence-electron chi connectivity index (χ4n) is 3.40. The Balaban J connectivity index is 2.15. The average molecular weight is 491 g/mol. The first-order valence-corrected chi connectivity index (χ1v) is 10.1. The van der Waals surface area contributed by atoms with Crippen molar-refractivity contribution in [2.45, 2.75) is 20.0 Å².